The van der Waals surface area contributed by atoms with Crippen LogP contribution in [0.5, 0.6) is 0 Å². The van der Waals surface area contributed by atoms with Crippen LogP contribution in [0, 0.1) is 0 Å². The third-order valence-electron chi connectivity index (χ3n) is 5.40. The molecule has 30 heavy (non-hydrogen) atoms. The lowest BCUT2D eigenvalue weighted by atomic mass is 9.77. The van der Waals surface area contributed by atoms with Crippen LogP contribution in [-0.2, 0) is 20.7 Å². The monoisotopic (exact) mass is 427 g/mol. The standard InChI is InChI=1S/C22H26BNO5S/c1-21(2)22(3,4)29-23(28-21)19(10-17-14-30-15-18(17)12-25)11-24-20(26)27-13-16-8-6-5-7-9-16/h5-10,12,14-15H,11,13H2,1-4H3,(H,24,26). The van der Waals surface area contributed by atoms with E-state index in [4.69, 9.17) is 14.0 Å². The quantitative estimate of drug-likeness (QED) is 0.520. The van der Waals surface area contributed by atoms with Gasteiger partial charge in [-0.05, 0) is 49.7 Å². The summed E-state index contributed by atoms with van der Waals surface area (Å²) >= 11 is 1.44. The van der Waals surface area contributed by atoms with Crippen LogP contribution in [0.25, 0.3) is 6.08 Å². The molecule has 0 bridgehead atoms. The van der Waals surface area contributed by atoms with Crippen LogP contribution in [-0.4, -0.2) is 37.2 Å². The number of amides is 1. The summed E-state index contributed by atoms with van der Waals surface area (Å²) in [5.41, 5.74) is 1.91. The number of carbonyl (C=O) groups excluding carboxylic acids is 2. The summed E-state index contributed by atoms with van der Waals surface area (Å²) in [6.45, 7) is 8.21. The van der Waals surface area contributed by atoms with Gasteiger partial charge in [0.2, 0.25) is 0 Å². The Morgan fingerprint density at radius 1 is 1.10 bits per heavy atom. The predicted molar refractivity (Wildman–Crippen MR) is 118 cm³/mol. The van der Waals surface area contributed by atoms with E-state index in [1.807, 2.05) is 69.5 Å². The van der Waals surface area contributed by atoms with E-state index in [-0.39, 0.29) is 13.2 Å². The van der Waals surface area contributed by atoms with Crippen LogP contribution in [0.1, 0.15) is 49.2 Å². The fraction of sp³-hybridized carbons (Fsp3) is 0.364. The molecule has 1 N–H and O–H groups in total. The highest BCUT2D eigenvalue weighted by atomic mass is 32.1. The van der Waals surface area contributed by atoms with Crippen molar-refractivity contribution in [3.8, 4) is 0 Å². The van der Waals surface area contributed by atoms with Crippen LogP contribution < -0.4 is 5.32 Å². The zero-order valence-corrected chi connectivity index (χ0v) is 18.5. The Labute approximate surface area is 181 Å². The van der Waals surface area contributed by atoms with E-state index in [2.05, 4.69) is 5.32 Å². The third-order valence-corrected chi connectivity index (χ3v) is 6.18. The molecule has 8 heteroatoms. The first-order chi connectivity index (χ1) is 14.2. The molecule has 0 spiro atoms. The molecular formula is C22H26BNO5S. The van der Waals surface area contributed by atoms with Crippen LogP contribution in [0.4, 0.5) is 4.79 Å². The van der Waals surface area contributed by atoms with Gasteiger partial charge in [-0.1, -0.05) is 36.4 Å². The van der Waals surface area contributed by atoms with Crippen LogP contribution in [0.15, 0.2) is 46.6 Å². The van der Waals surface area contributed by atoms with Crippen LogP contribution in [0.2, 0.25) is 0 Å². The number of hydrogen-bond acceptors (Lipinski definition) is 6. The van der Waals surface area contributed by atoms with Gasteiger partial charge < -0.3 is 19.4 Å². The van der Waals surface area contributed by atoms with E-state index in [9.17, 15) is 9.59 Å². The Bertz CT molecular complexity index is 907. The highest BCUT2D eigenvalue weighted by Crippen LogP contribution is 2.38. The Morgan fingerprint density at radius 2 is 1.73 bits per heavy atom. The summed E-state index contributed by atoms with van der Waals surface area (Å²) in [7, 11) is -0.649. The molecule has 0 saturated carbocycles. The maximum Gasteiger partial charge on any atom is 0.492 e. The number of rotatable bonds is 7. The van der Waals surface area contributed by atoms with Gasteiger partial charge >= 0.3 is 13.2 Å². The maximum absolute atomic E-state index is 12.2. The Kier molecular flexibility index (Phi) is 6.80. The maximum atomic E-state index is 12.2. The Hall–Kier alpha value is -2.42. The molecule has 3 rings (SSSR count). The first kappa shape index (κ1) is 22.3. The minimum atomic E-state index is -0.649. The summed E-state index contributed by atoms with van der Waals surface area (Å²) < 4.78 is 17.6. The van der Waals surface area contributed by atoms with Gasteiger partial charge in [-0.3, -0.25) is 4.79 Å². The van der Waals surface area contributed by atoms with Crippen molar-refractivity contribution in [2.45, 2.75) is 45.5 Å². The predicted octanol–water partition coefficient (Wildman–Crippen LogP) is 4.50. The van der Waals surface area contributed by atoms with Gasteiger partial charge in [0.05, 0.1) is 11.2 Å². The van der Waals surface area contributed by atoms with Crippen molar-refractivity contribution in [2.75, 3.05) is 6.54 Å². The molecule has 2 heterocycles. The number of nitrogens with one attached hydrogen (secondary N) is 1. The molecule has 158 valence electrons. The Balaban J connectivity index is 1.72. The summed E-state index contributed by atoms with van der Waals surface area (Å²) in [5, 5.41) is 6.42. The molecule has 1 aliphatic rings. The molecule has 6 nitrogen and oxygen atoms in total. The van der Waals surface area contributed by atoms with Gasteiger partial charge in [-0.2, -0.15) is 11.3 Å². The van der Waals surface area contributed by atoms with E-state index >= 15 is 0 Å². The highest BCUT2D eigenvalue weighted by molar-refractivity contribution is 7.08. The van der Waals surface area contributed by atoms with Crippen molar-refractivity contribution in [1.82, 2.24) is 5.32 Å². The molecule has 1 fully saturated rings. The number of alkyl carbamates (subject to hydrolysis) is 1. The van der Waals surface area contributed by atoms with E-state index in [0.29, 0.717) is 11.0 Å². The third kappa shape index (κ3) is 5.19. The fourth-order valence-corrected chi connectivity index (χ4v) is 3.63. The zero-order valence-electron chi connectivity index (χ0n) is 17.6. The first-order valence-corrected chi connectivity index (χ1v) is 10.7. The number of benzene rings is 1. The molecular weight excluding hydrogens is 401 g/mol. The molecule has 1 aromatic heterocycles. The van der Waals surface area contributed by atoms with Crippen LogP contribution >= 0.6 is 11.3 Å². The summed E-state index contributed by atoms with van der Waals surface area (Å²) in [6, 6.07) is 9.46. The van der Waals surface area contributed by atoms with E-state index in [0.717, 1.165) is 17.4 Å². The average molecular weight is 427 g/mol. The SMILES string of the molecule is CC1(C)OB(C(=Cc2cscc2C=O)CNC(=O)OCc2ccccc2)OC1(C)C. The second kappa shape index (κ2) is 9.16. The smallest absolute Gasteiger partial charge is 0.445 e. The molecule has 1 aromatic carbocycles. The fourth-order valence-electron chi connectivity index (χ4n) is 2.87. The summed E-state index contributed by atoms with van der Waals surface area (Å²) in [6.07, 6.45) is 2.10. The van der Waals surface area contributed by atoms with Crippen LogP contribution in [0.3, 0.4) is 0 Å². The number of thiophene rings is 1. The minimum absolute atomic E-state index is 0.165. The van der Waals surface area contributed by atoms with E-state index in [1.54, 1.807) is 5.38 Å². The molecule has 0 aliphatic carbocycles. The van der Waals surface area contributed by atoms with E-state index in [1.165, 1.54) is 11.3 Å². The van der Waals surface area contributed by atoms with Gasteiger partial charge in [0, 0.05) is 17.5 Å². The zero-order chi connectivity index (χ0) is 21.8. The number of ether oxygens (including phenoxy) is 1. The molecule has 2 aromatic rings. The van der Waals surface area contributed by atoms with Gasteiger partial charge in [-0.25, -0.2) is 4.79 Å². The Morgan fingerprint density at radius 3 is 2.37 bits per heavy atom. The lowest BCUT2D eigenvalue weighted by molar-refractivity contribution is 0.00578. The highest BCUT2D eigenvalue weighted by Gasteiger charge is 2.52. The van der Waals surface area contributed by atoms with E-state index < -0.39 is 24.4 Å². The summed E-state index contributed by atoms with van der Waals surface area (Å²) in [5.74, 6) is 0. The average Bonchev–Trinajstić information content (AvgIpc) is 3.24. The molecule has 1 amide bonds. The van der Waals surface area contributed by atoms with Gasteiger partial charge in [0.1, 0.15) is 6.61 Å². The first-order valence-electron chi connectivity index (χ1n) is 9.74. The molecule has 0 unspecified atom stereocenters. The van der Waals surface area contributed by atoms with Crippen molar-refractivity contribution >= 4 is 36.9 Å². The lowest BCUT2D eigenvalue weighted by Crippen LogP contribution is -2.41. The number of hydrogen-bond donors (Lipinski definition) is 1. The topological polar surface area (TPSA) is 73.9 Å². The second-order valence-electron chi connectivity index (χ2n) is 8.12. The molecule has 1 saturated heterocycles. The van der Waals surface area contributed by atoms with Crippen molar-refractivity contribution in [1.29, 1.82) is 0 Å². The van der Waals surface area contributed by atoms with Gasteiger partial charge in [-0.15, -0.1) is 0 Å². The van der Waals surface area contributed by atoms with Gasteiger partial charge in [0.25, 0.3) is 0 Å². The second-order valence-corrected chi connectivity index (χ2v) is 8.87. The van der Waals surface area contributed by atoms with Crippen molar-refractivity contribution in [3.63, 3.8) is 0 Å². The minimum Gasteiger partial charge on any atom is -0.445 e. The lowest BCUT2D eigenvalue weighted by Gasteiger charge is -2.32. The largest absolute Gasteiger partial charge is 0.492 e. The number of aldehydes is 1. The molecule has 1 aliphatic heterocycles. The molecule has 0 radical (unpaired) electrons. The van der Waals surface area contributed by atoms with Crippen molar-refractivity contribution in [2.24, 2.45) is 0 Å². The number of carbonyl (C=O) groups is 2. The van der Waals surface area contributed by atoms with Gasteiger partial charge in [0.15, 0.2) is 6.29 Å². The van der Waals surface area contributed by atoms with Crippen molar-refractivity contribution < 1.29 is 23.6 Å². The molecule has 0 atom stereocenters. The normalized spacial score (nSPS) is 17.6. The van der Waals surface area contributed by atoms with Crippen molar-refractivity contribution in [3.05, 3.63) is 63.3 Å². The summed E-state index contributed by atoms with van der Waals surface area (Å²) in [4.78, 5) is 23.5.